The number of carbonyl (C=O) groups is 1. The fourth-order valence-electron chi connectivity index (χ4n) is 2.82. The first-order valence-corrected chi connectivity index (χ1v) is 9.44. The van der Waals surface area contributed by atoms with E-state index < -0.39 is 0 Å². The maximum atomic E-state index is 12.4. The number of hydrogen-bond donors (Lipinski definition) is 1. The summed E-state index contributed by atoms with van der Waals surface area (Å²) in [6.45, 7) is 8.80. The van der Waals surface area contributed by atoms with E-state index in [1.54, 1.807) is 17.8 Å². The van der Waals surface area contributed by atoms with Crippen molar-refractivity contribution in [3.8, 4) is 0 Å². The molecule has 0 bridgehead atoms. The molecular formula is C22H23NO2S. The standard InChI is InChI=1S/C22H23NO2S/c1-14-7-6-10-18(17(14)4)13-23-22(24)19-11-12-20(25-19)26-21-15(2)8-5-9-16(21)3/h5-12H,13H2,1-4H3,(H,23,24). The molecule has 2 aromatic carbocycles. The predicted molar refractivity (Wildman–Crippen MR) is 106 cm³/mol. The van der Waals surface area contributed by atoms with Crippen molar-refractivity contribution >= 4 is 17.7 Å². The van der Waals surface area contributed by atoms with Crippen LogP contribution in [0.25, 0.3) is 0 Å². The zero-order valence-electron chi connectivity index (χ0n) is 15.6. The highest BCUT2D eigenvalue weighted by Gasteiger charge is 2.14. The highest BCUT2D eigenvalue weighted by atomic mass is 32.2. The van der Waals surface area contributed by atoms with Gasteiger partial charge in [-0.1, -0.05) is 48.2 Å². The molecule has 1 aromatic heterocycles. The summed E-state index contributed by atoms with van der Waals surface area (Å²) < 4.78 is 5.75. The van der Waals surface area contributed by atoms with Gasteiger partial charge in [-0.05, 0) is 67.6 Å². The third-order valence-electron chi connectivity index (χ3n) is 4.57. The Bertz CT molecular complexity index is 923. The number of furan rings is 1. The number of hydrogen-bond acceptors (Lipinski definition) is 3. The zero-order valence-corrected chi connectivity index (χ0v) is 16.4. The summed E-state index contributed by atoms with van der Waals surface area (Å²) in [6, 6.07) is 15.9. The summed E-state index contributed by atoms with van der Waals surface area (Å²) in [5, 5.41) is 3.66. The quantitative estimate of drug-likeness (QED) is 0.640. The molecule has 0 atom stereocenters. The van der Waals surface area contributed by atoms with Gasteiger partial charge >= 0.3 is 0 Å². The van der Waals surface area contributed by atoms with Crippen LogP contribution >= 0.6 is 11.8 Å². The van der Waals surface area contributed by atoms with E-state index in [2.05, 4.69) is 51.2 Å². The normalized spacial score (nSPS) is 10.8. The van der Waals surface area contributed by atoms with Crippen LogP contribution in [0, 0.1) is 27.7 Å². The molecule has 26 heavy (non-hydrogen) atoms. The highest BCUT2D eigenvalue weighted by molar-refractivity contribution is 7.99. The molecule has 1 amide bonds. The second-order valence-corrected chi connectivity index (χ2v) is 7.50. The minimum Gasteiger partial charge on any atom is -0.444 e. The lowest BCUT2D eigenvalue weighted by atomic mass is 10.0. The second kappa shape index (κ2) is 7.83. The molecule has 0 saturated carbocycles. The molecule has 0 unspecified atom stereocenters. The van der Waals surface area contributed by atoms with Gasteiger partial charge in [-0.15, -0.1) is 0 Å². The van der Waals surface area contributed by atoms with Gasteiger partial charge in [0, 0.05) is 11.4 Å². The van der Waals surface area contributed by atoms with Gasteiger partial charge in [-0.3, -0.25) is 4.79 Å². The van der Waals surface area contributed by atoms with E-state index in [4.69, 9.17) is 4.42 Å². The second-order valence-electron chi connectivity index (χ2n) is 6.48. The van der Waals surface area contributed by atoms with Gasteiger partial charge < -0.3 is 9.73 Å². The van der Waals surface area contributed by atoms with Crippen LogP contribution in [0.3, 0.4) is 0 Å². The van der Waals surface area contributed by atoms with Gasteiger partial charge in [-0.25, -0.2) is 0 Å². The summed E-state index contributed by atoms with van der Waals surface area (Å²) in [5.41, 5.74) is 5.95. The van der Waals surface area contributed by atoms with Gasteiger partial charge in [0.15, 0.2) is 10.9 Å². The third-order valence-corrected chi connectivity index (χ3v) is 5.84. The molecule has 0 radical (unpaired) electrons. The Labute approximate surface area is 158 Å². The number of carbonyl (C=O) groups excluding carboxylic acids is 1. The SMILES string of the molecule is Cc1cccc(CNC(=O)c2ccc(Sc3c(C)cccc3C)o2)c1C. The lowest BCUT2D eigenvalue weighted by molar-refractivity contribution is 0.0918. The lowest BCUT2D eigenvalue weighted by Crippen LogP contribution is -2.22. The Morgan fingerprint density at radius 1 is 0.923 bits per heavy atom. The van der Waals surface area contributed by atoms with Crippen LogP contribution in [0.2, 0.25) is 0 Å². The number of aryl methyl sites for hydroxylation is 3. The topological polar surface area (TPSA) is 42.2 Å². The van der Waals surface area contributed by atoms with Crippen molar-refractivity contribution in [2.45, 2.75) is 44.2 Å². The molecule has 1 heterocycles. The van der Waals surface area contributed by atoms with Gasteiger partial charge in [0.1, 0.15) is 0 Å². The first-order valence-electron chi connectivity index (χ1n) is 8.63. The van der Waals surface area contributed by atoms with Crippen molar-refractivity contribution in [1.82, 2.24) is 5.32 Å². The average Bonchev–Trinajstić information content (AvgIpc) is 3.08. The molecular weight excluding hydrogens is 342 g/mol. The number of benzene rings is 2. The van der Waals surface area contributed by atoms with Crippen molar-refractivity contribution < 1.29 is 9.21 Å². The molecule has 3 nitrogen and oxygen atoms in total. The molecule has 0 aliphatic rings. The van der Waals surface area contributed by atoms with Crippen LogP contribution in [0.15, 0.2) is 62.9 Å². The van der Waals surface area contributed by atoms with E-state index in [1.807, 2.05) is 24.3 Å². The van der Waals surface area contributed by atoms with Crippen LogP contribution in [0.4, 0.5) is 0 Å². The smallest absolute Gasteiger partial charge is 0.287 e. The van der Waals surface area contributed by atoms with Gasteiger partial charge in [0.2, 0.25) is 0 Å². The Hall–Kier alpha value is -2.46. The van der Waals surface area contributed by atoms with E-state index in [0.29, 0.717) is 12.3 Å². The summed E-state index contributed by atoms with van der Waals surface area (Å²) in [5.74, 6) is 0.142. The van der Waals surface area contributed by atoms with Crippen LogP contribution in [0.5, 0.6) is 0 Å². The molecule has 134 valence electrons. The molecule has 0 spiro atoms. The zero-order chi connectivity index (χ0) is 18.7. The molecule has 4 heteroatoms. The van der Waals surface area contributed by atoms with Crippen molar-refractivity contribution in [3.05, 3.63) is 82.1 Å². The van der Waals surface area contributed by atoms with Crippen LogP contribution in [0.1, 0.15) is 38.4 Å². The summed E-state index contributed by atoms with van der Waals surface area (Å²) in [7, 11) is 0. The molecule has 3 rings (SSSR count). The van der Waals surface area contributed by atoms with Crippen molar-refractivity contribution in [2.75, 3.05) is 0 Å². The van der Waals surface area contributed by atoms with Gasteiger partial charge in [0.25, 0.3) is 5.91 Å². The van der Waals surface area contributed by atoms with Gasteiger partial charge in [0.05, 0.1) is 0 Å². The van der Waals surface area contributed by atoms with Crippen molar-refractivity contribution in [1.29, 1.82) is 0 Å². The fourth-order valence-corrected chi connectivity index (χ4v) is 3.75. The number of amides is 1. The molecule has 0 aliphatic carbocycles. The predicted octanol–water partition coefficient (Wildman–Crippen LogP) is 5.59. The minimum absolute atomic E-state index is 0.195. The van der Waals surface area contributed by atoms with Crippen molar-refractivity contribution in [2.24, 2.45) is 0 Å². The monoisotopic (exact) mass is 365 g/mol. The first-order chi connectivity index (χ1) is 12.5. The Balaban J connectivity index is 1.67. The fraction of sp³-hybridized carbons (Fsp3) is 0.227. The Morgan fingerprint density at radius 3 is 2.31 bits per heavy atom. The lowest BCUT2D eigenvalue weighted by Gasteiger charge is -2.09. The number of nitrogens with one attached hydrogen (secondary N) is 1. The van der Waals surface area contributed by atoms with Crippen LogP contribution in [-0.4, -0.2) is 5.91 Å². The molecule has 3 aromatic rings. The van der Waals surface area contributed by atoms with Crippen molar-refractivity contribution in [3.63, 3.8) is 0 Å². The first kappa shape index (κ1) is 18.3. The highest BCUT2D eigenvalue weighted by Crippen LogP contribution is 2.33. The Morgan fingerprint density at radius 2 is 1.58 bits per heavy atom. The largest absolute Gasteiger partial charge is 0.444 e. The van der Waals surface area contributed by atoms with E-state index in [0.717, 1.165) is 10.7 Å². The average molecular weight is 365 g/mol. The van der Waals surface area contributed by atoms with Crippen LogP contribution < -0.4 is 5.32 Å². The van der Waals surface area contributed by atoms with E-state index in [-0.39, 0.29) is 5.91 Å². The summed E-state index contributed by atoms with van der Waals surface area (Å²) >= 11 is 1.55. The maximum absolute atomic E-state index is 12.4. The van der Waals surface area contributed by atoms with Crippen LogP contribution in [-0.2, 0) is 6.54 Å². The summed E-state index contributed by atoms with van der Waals surface area (Å²) in [6.07, 6.45) is 0. The Kier molecular flexibility index (Phi) is 5.52. The molecule has 0 saturated heterocycles. The minimum atomic E-state index is -0.195. The molecule has 0 aliphatic heterocycles. The number of rotatable bonds is 5. The molecule has 1 N–H and O–H groups in total. The van der Waals surface area contributed by atoms with E-state index >= 15 is 0 Å². The van der Waals surface area contributed by atoms with E-state index in [9.17, 15) is 4.79 Å². The van der Waals surface area contributed by atoms with Gasteiger partial charge in [-0.2, -0.15) is 0 Å². The maximum Gasteiger partial charge on any atom is 0.287 e. The van der Waals surface area contributed by atoms with E-state index in [1.165, 1.54) is 27.1 Å². The summed E-state index contributed by atoms with van der Waals surface area (Å²) in [4.78, 5) is 13.6. The third kappa shape index (κ3) is 4.02. The molecule has 0 fully saturated rings.